The zero-order chi connectivity index (χ0) is 13.4. The summed E-state index contributed by atoms with van der Waals surface area (Å²) in [5.74, 6) is 0.874. The van der Waals surface area contributed by atoms with Crippen LogP contribution in [0.4, 0.5) is 0 Å². The second-order valence-corrected chi connectivity index (χ2v) is 4.50. The maximum Gasteiger partial charge on any atom is 0.118 e. The molecule has 4 N–H and O–H groups in total. The summed E-state index contributed by atoms with van der Waals surface area (Å²) in [6.45, 7) is 0.711. The largest absolute Gasteiger partial charge is 0.497 e. The molecule has 0 spiro atoms. The van der Waals surface area contributed by atoms with E-state index < -0.39 is 6.10 Å². The Bertz CT molecular complexity index is 326. The molecule has 1 aromatic carbocycles. The van der Waals surface area contributed by atoms with E-state index in [1.54, 1.807) is 7.11 Å². The first-order valence-corrected chi connectivity index (χ1v) is 6.34. The van der Waals surface area contributed by atoms with Crippen molar-refractivity contribution in [3.63, 3.8) is 0 Å². The van der Waals surface area contributed by atoms with Gasteiger partial charge >= 0.3 is 0 Å². The van der Waals surface area contributed by atoms with Gasteiger partial charge in [-0.2, -0.15) is 0 Å². The molecule has 0 fully saturated rings. The predicted octanol–water partition coefficient (Wildman–Crippen LogP) is 1.47. The zero-order valence-electron chi connectivity index (χ0n) is 10.9. The normalized spacial score (nSPS) is 14.2. The van der Waals surface area contributed by atoms with Gasteiger partial charge in [0.2, 0.25) is 0 Å². The summed E-state index contributed by atoms with van der Waals surface area (Å²) in [6, 6.07) is 7.35. The molecule has 0 aromatic heterocycles. The molecule has 0 bridgehead atoms. The molecule has 0 saturated heterocycles. The maximum absolute atomic E-state index is 10.1. The van der Waals surface area contributed by atoms with Crippen LogP contribution in [-0.2, 0) is 0 Å². The lowest BCUT2D eigenvalue weighted by Gasteiger charge is -2.18. The van der Waals surface area contributed by atoms with Gasteiger partial charge in [-0.05, 0) is 49.4 Å². The minimum atomic E-state index is -0.550. The Morgan fingerprint density at radius 1 is 1.28 bits per heavy atom. The number of nitrogens with two attached hydrogens (primary N) is 1. The van der Waals surface area contributed by atoms with Crippen molar-refractivity contribution in [3.8, 4) is 5.75 Å². The van der Waals surface area contributed by atoms with Crippen molar-refractivity contribution in [3.05, 3.63) is 29.8 Å². The zero-order valence-corrected chi connectivity index (χ0v) is 10.9. The Morgan fingerprint density at radius 3 is 2.44 bits per heavy atom. The SMILES string of the molecule is COc1ccc(C(O)CC(CO)CCCN)cc1. The average molecular weight is 253 g/mol. The quantitative estimate of drug-likeness (QED) is 0.655. The van der Waals surface area contributed by atoms with Gasteiger partial charge in [-0.1, -0.05) is 12.1 Å². The maximum atomic E-state index is 10.1. The van der Waals surface area contributed by atoms with E-state index in [-0.39, 0.29) is 12.5 Å². The summed E-state index contributed by atoms with van der Waals surface area (Å²) in [5, 5.41) is 19.4. The highest BCUT2D eigenvalue weighted by Gasteiger charge is 2.15. The highest BCUT2D eigenvalue weighted by Crippen LogP contribution is 2.25. The van der Waals surface area contributed by atoms with Crippen molar-refractivity contribution in [2.75, 3.05) is 20.3 Å². The van der Waals surface area contributed by atoms with Gasteiger partial charge in [0, 0.05) is 6.61 Å². The molecule has 2 atom stereocenters. The Kier molecular flexibility index (Phi) is 6.72. The van der Waals surface area contributed by atoms with E-state index >= 15 is 0 Å². The van der Waals surface area contributed by atoms with Gasteiger partial charge in [0.1, 0.15) is 5.75 Å². The number of benzene rings is 1. The number of rotatable bonds is 8. The third-order valence-corrected chi connectivity index (χ3v) is 3.13. The summed E-state index contributed by atoms with van der Waals surface area (Å²) in [7, 11) is 1.61. The minimum Gasteiger partial charge on any atom is -0.497 e. The number of ether oxygens (including phenoxy) is 1. The first-order valence-electron chi connectivity index (χ1n) is 6.34. The summed E-state index contributed by atoms with van der Waals surface area (Å²) in [6.07, 6.45) is 1.73. The molecule has 0 aliphatic heterocycles. The van der Waals surface area contributed by atoms with Crippen LogP contribution in [0.3, 0.4) is 0 Å². The highest BCUT2D eigenvalue weighted by molar-refractivity contribution is 5.28. The van der Waals surface area contributed by atoms with Crippen molar-refractivity contribution in [2.45, 2.75) is 25.4 Å². The van der Waals surface area contributed by atoms with Gasteiger partial charge in [0.25, 0.3) is 0 Å². The van der Waals surface area contributed by atoms with E-state index in [9.17, 15) is 10.2 Å². The van der Waals surface area contributed by atoms with Crippen molar-refractivity contribution in [1.82, 2.24) is 0 Å². The first kappa shape index (κ1) is 15.0. The van der Waals surface area contributed by atoms with Crippen LogP contribution in [0.15, 0.2) is 24.3 Å². The second kappa shape index (κ2) is 8.08. The number of methoxy groups -OCH3 is 1. The lowest BCUT2D eigenvalue weighted by molar-refractivity contribution is 0.112. The van der Waals surface area contributed by atoms with Crippen molar-refractivity contribution in [2.24, 2.45) is 11.7 Å². The van der Waals surface area contributed by atoms with E-state index in [0.29, 0.717) is 13.0 Å². The van der Waals surface area contributed by atoms with Crippen LogP contribution in [0.25, 0.3) is 0 Å². The fraction of sp³-hybridized carbons (Fsp3) is 0.571. The molecule has 0 amide bonds. The lowest BCUT2D eigenvalue weighted by Crippen LogP contribution is -2.13. The Labute approximate surface area is 108 Å². The van der Waals surface area contributed by atoms with E-state index in [0.717, 1.165) is 24.2 Å². The predicted molar refractivity (Wildman–Crippen MR) is 71.4 cm³/mol. The molecule has 0 heterocycles. The van der Waals surface area contributed by atoms with Crippen LogP contribution in [0.1, 0.15) is 30.9 Å². The molecular weight excluding hydrogens is 230 g/mol. The molecule has 4 heteroatoms. The second-order valence-electron chi connectivity index (χ2n) is 4.50. The van der Waals surface area contributed by atoms with Crippen LogP contribution >= 0.6 is 0 Å². The molecule has 18 heavy (non-hydrogen) atoms. The monoisotopic (exact) mass is 253 g/mol. The van der Waals surface area contributed by atoms with Crippen LogP contribution in [0, 0.1) is 5.92 Å². The minimum absolute atomic E-state index is 0.0905. The Hall–Kier alpha value is -1.10. The third kappa shape index (κ3) is 4.64. The molecule has 2 unspecified atom stereocenters. The summed E-state index contributed by atoms with van der Waals surface area (Å²) < 4.78 is 5.07. The fourth-order valence-electron chi connectivity index (χ4n) is 1.97. The Balaban J connectivity index is 2.53. The van der Waals surface area contributed by atoms with Crippen LogP contribution in [0.2, 0.25) is 0 Å². The van der Waals surface area contributed by atoms with Crippen molar-refractivity contribution >= 4 is 0 Å². The molecule has 0 saturated carbocycles. The topological polar surface area (TPSA) is 75.7 Å². The molecule has 4 nitrogen and oxygen atoms in total. The third-order valence-electron chi connectivity index (χ3n) is 3.13. The summed E-state index contributed by atoms with van der Waals surface area (Å²) in [5.41, 5.74) is 6.30. The Morgan fingerprint density at radius 2 is 1.94 bits per heavy atom. The van der Waals surface area contributed by atoms with Gasteiger partial charge in [0.15, 0.2) is 0 Å². The molecular formula is C14H23NO3. The summed E-state index contributed by atoms with van der Waals surface area (Å²) in [4.78, 5) is 0. The van der Waals surface area contributed by atoms with Gasteiger partial charge in [-0.25, -0.2) is 0 Å². The highest BCUT2D eigenvalue weighted by atomic mass is 16.5. The summed E-state index contributed by atoms with van der Waals surface area (Å²) >= 11 is 0. The fourth-order valence-corrected chi connectivity index (χ4v) is 1.97. The number of aliphatic hydroxyl groups excluding tert-OH is 2. The standard InChI is InChI=1S/C14H23NO3/c1-18-13-6-4-12(5-7-13)14(17)9-11(10-16)3-2-8-15/h4-7,11,14,16-17H,2-3,8-10,15H2,1H3. The van der Waals surface area contributed by atoms with Crippen LogP contribution < -0.4 is 10.5 Å². The number of hydrogen-bond donors (Lipinski definition) is 3. The van der Waals surface area contributed by atoms with Crippen LogP contribution in [0.5, 0.6) is 5.75 Å². The van der Waals surface area contributed by atoms with Gasteiger partial charge in [-0.3, -0.25) is 0 Å². The first-order chi connectivity index (χ1) is 8.71. The molecule has 1 rings (SSSR count). The van der Waals surface area contributed by atoms with Crippen molar-refractivity contribution < 1.29 is 14.9 Å². The van der Waals surface area contributed by atoms with Gasteiger partial charge in [0.05, 0.1) is 13.2 Å². The van der Waals surface area contributed by atoms with Crippen LogP contribution in [-0.4, -0.2) is 30.5 Å². The molecule has 102 valence electrons. The van der Waals surface area contributed by atoms with Crippen molar-refractivity contribution in [1.29, 1.82) is 0 Å². The molecule has 0 aliphatic carbocycles. The van der Waals surface area contributed by atoms with E-state index in [4.69, 9.17) is 10.5 Å². The number of hydrogen-bond acceptors (Lipinski definition) is 4. The number of aliphatic hydroxyl groups is 2. The molecule has 1 aromatic rings. The average Bonchev–Trinajstić information content (AvgIpc) is 2.43. The van der Waals surface area contributed by atoms with E-state index in [1.807, 2.05) is 24.3 Å². The van der Waals surface area contributed by atoms with Gasteiger partial charge in [-0.15, -0.1) is 0 Å². The lowest BCUT2D eigenvalue weighted by atomic mass is 9.93. The van der Waals surface area contributed by atoms with E-state index in [1.165, 1.54) is 0 Å². The smallest absolute Gasteiger partial charge is 0.118 e. The molecule has 0 aliphatic rings. The van der Waals surface area contributed by atoms with E-state index in [2.05, 4.69) is 0 Å². The van der Waals surface area contributed by atoms with Gasteiger partial charge < -0.3 is 20.7 Å². The molecule has 0 radical (unpaired) electrons.